The van der Waals surface area contributed by atoms with E-state index in [0.29, 0.717) is 24.6 Å². The van der Waals surface area contributed by atoms with Gasteiger partial charge in [-0.2, -0.15) is 0 Å². The summed E-state index contributed by atoms with van der Waals surface area (Å²) in [4.78, 5) is 18.9. The first-order chi connectivity index (χ1) is 11.5. The molecule has 0 spiro atoms. The van der Waals surface area contributed by atoms with Gasteiger partial charge in [0.05, 0.1) is 24.3 Å². The summed E-state index contributed by atoms with van der Waals surface area (Å²) in [6.07, 6.45) is 1.63. The molecule has 1 aliphatic rings. The number of pyridine rings is 1. The Balaban J connectivity index is 1.80. The molecule has 1 amide bonds. The van der Waals surface area contributed by atoms with E-state index in [1.807, 2.05) is 49.9 Å². The van der Waals surface area contributed by atoms with E-state index in [-0.39, 0.29) is 18.1 Å². The van der Waals surface area contributed by atoms with Gasteiger partial charge in [0.1, 0.15) is 12.4 Å². The van der Waals surface area contributed by atoms with Gasteiger partial charge in [-0.1, -0.05) is 18.2 Å². The third-order valence-electron chi connectivity index (χ3n) is 3.93. The third kappa shape index (κ3) is 3.50. The highest BCUT2D eigenvalue weighted by Gasteiger charge is 2.26. The van der Waals surface area contributed by atoms with E-state index in [1.54, 1.807) is 18.3 Å². The van der Waals surface area contributed by atoms with Crippen LogP contribution in [0.2, 0.25) is 0 Å². The fraction of sp³-hybridized carbons (Fsp3) is 0.368. The summed E-state index contributed by atoms with van der Waals surface area (Å²) in [5, 5.41) is 0. The van der Waals surface area contributed by atoms with Crippen LogP contribution >= 0.6 is 0 Å². The summed E-state index contributed by atoms with van der Waals surface area (Å²) in [5.74, 6) is 1.32. The van der Waals surface area contributed by atoms with E-state index in [4.69, 9.17) is 9.47 Å². The van der Waals surface area contributed by atoms with Gasteiger partial charge in [0.15, 0.2) is 0 Å². The van der Waals surface area contributed by atoms with Crippen LogP contribution in [0.25, 0.3) is 0 Å². The van der Waals surface area contributed by atoms with Gasteiger partial charge in [-0.25, -0.2) is 4.98 Å². The smallest absolute Gasteiger partial charge is 0.256 e. The lowest BCUT2D eigenvalue weighted by molar-refractivity contribution is 0.0645. The highest BCUT2D eigenvalue weighted by molar-refractivity contribution is 5.94. The first-order valence-corrected chi connectivity index (χ1v) is 8.19. The van der Waals surface area contributed by atoms with Crippen molar-refractivity contribution >= 4 is 5.91 Å². The number of para-hydroxylation sites is 1. The van der Waals surface area contributed by atoms with E-state index in [0.717, 1.165) is 11.3 Å². The second kappa shape index (κ2) is 6.91. The molecule has 24 heavy (non-hydrogen) atoms. The molecule has 1 atom stereocenters. The molecule has 1 aromatic carbocycles. The van der Waals surface area contributed by atoms with E-state index in [9.17, 15) is 4.79 Å². The molecular formula is C19H22N2O3. The van der Waals surface area contributed by atoms with Crippen molar-refractivity contribution in [3.63, 3.8) is 0 Å². The van der Waals surface area contributed by atoms with Crippen LogP contribution in [-0.2, 0) is 6.54 Å². The minimum absolute atomic E-state index is 0.0171. The number of amides is 1. The lowest BCUT2D eigenvalue weighted by Crippen LogP contribution is -2.39. The molecule has 0 bridgehead atoms. The number of ether oxygens (including phenoxy) is 2. The zero-order valence-corrected chi connectivity index (χ0v) is 14.2. The Bertz CT molecular complexity index is 713. The van der Waals surface area contributed by atoms with Crippen LogP contribution in [0, 0.1) is 0 Å². The summed E-state index contributed by atoms with van der Waals surface area (Å²) in [5.41, 5.74) is 1.57. The fourth-order valence-electron chi connectivity index (χ4n) is 2.67. The largest absolute Gasteiger partial charge is 0.491 e. The minimum atomic E-state index is -0.0496. The zero-order valence-electron chi connectivity index (χ0n) is 14.2. The molecule has 0 N–H and O–H groups in total. The molecular weight excluding hydrogens is 304 g/mol. The number of carbonyl (C=O) groups excluding carboxylic acids is 1. The number of aromatic nitrogens is 1. The Labute approximate surface area is 142 Å². The van der Waals surface area contributed by atoms with E-state index >= 15 is 0 Å². The van der Waals surface area contributed by atoms with Gasteiger partial charge >= 0.3 is 0 Å². The zero-order chi connectivity index (χ0) is 17.1. The number of hydrogen-bond acceptors (Lipinski definition) is 4. The maximum Gasteiger partial charge on any atom is 0.256 e. The molecule has 5 heteroatoms. The Hall–Kier alpha value is -2.56. The first-order valence-electron chi connectivity index (χ1n) is 8.19. The van der Waals surface area contributed by atoms with Crippen molar-refractivity contribution in [2.24, 2.45) is 0 Å². The Morgan fingerprint density at radius 1 is 1.29 bits per heavy atom. The maximum absolute atomic E-state index is 12.9. The van der Waals surface area contributed by atoms with Crippen LogP contribution in [-0.4, -0.2) is 34.5 Å². The van der Waals surface area contributed by atoms with Crippen molar-refractivity contribution in [3.8, 4) is 11.6 Å². The van der Waals surface area contributed by atoms with Crippen molar-refractivity contribution in [2.75, 3.05) is 6.61 Å². The van der Waals surface area contributed by atoms with Crippen LogP contribution in [0.1, 0.15) is 36.7 Å². The third-order valence-corrected chi connectivity index (χ3v) is 3.93. The van der Waals surface area contributed by atoms with Gasteiger partial charge in [-0.05, 0) is 32.9 Å². The van der Waals surface area contributed by atoms with Crippen molar-refractivity contribution in [2.45, 2.75) is 39.5 Å². The van der Waals surface area contributed by atoms with Gasteiger partial charge in [-0.15, -0.1) is 0 Å². The monoisotopic (exact) mass is 326 g/mol. The van der Waals surface area contributed by atoms with E-state index < -0.39 is 0 Å². The summed E-state index contributed by atoms with van der Waals surface area (Å²) in [6.45, 7) is 6.88. The standard InChI is InChI=1S/C19H22N2O3/c1-13(2)24-18-9-8-15(10-20-18)19(22)21-11-16-6-4-5-7-17(16)23-12-14(21)3/h4-10,13-14H,11-12H2,1-3H3. The molecule has 0 saturated carbocycles. The van der Waals surface area contributed by atoms with Gasteiger partial charge in [0, 0.05) is 17.8 Å². The van der Waals surface area contributed by atoms with Crippen molar-refractivity contribution in [1.29, 1.82) is 0 Å². The SMILES string of the molecule is CC(C)Oc1ccc(C(=O)N2Cc3ccccc3OCC2C)cn1. The molecule has 126 valence electrons. The topological polar surface area (TPSA) is 51.7 Å². The van der Waals surface area contributed by atoms with Gasteiger partial charge in [0.2, 0.25) is 5.88 Å². The number of carbonyl (C=O) groups is 1. The molecule has 3 rings (SSSR count). The Kier molecular flexibility index (Phi) is 4.69. The highest BCUT2D eigenvalue weighted by Crippen LogP contribution is 2.26. The normalized spacial score (nSPS) is 17.0. The average molecular weight is 326 g/mol. The van der Waals surface area contributed by atoms with Gasteiger partial charge < -0.3 is 14.4 Å². The summed E-state index contributed by atoms with van der Waals surface area (Å²) in [6, 6.07) is 11.3. The average Bonchev–Trinajstić information content (AvgIpc) is 2.74. The van der Waals surface area contributed by atoms with E-state index in [1.165, 1.54) is 0 Å². The second-order valence-electron chi connectivity index (χ2n) is 6.25. The Morgan fingerprint density at radius 2 is 2.08 bits per heavy atom. The lowest BCUT2D eigenvalue weighted by Gasteiger charge is -2.26. The summed E-state index contributed by atoms with van der Waals surface area (Å²) >= 11 is 0. The molecule has 0 saturated heterocycles. The molecule has 0 radical (unpaired) electrons. The minimum Gasteiger partial charge on any atom is -0.491 e. The van der Waals surface area contributed by atoms with Gasteiger partial charge in [0.25, 0.3) is 5.91 Å². The van der Waals surface area contributed by atoms with Gasteiger partial charge in [-0.3, -0.25) is 4.79 Å². The van der Waals surface area contributed by atoms with Crippen LogP contribution in [0.5, 0.6) is 11.6 Å². The predicted octanol–water partition coefficient (Wildman–Crippen LogP) is 3.29. The molecule has 1 aromatic heterocycles. The first kappa shape index (κ1) is 16.3. The Morgan fingerprint density at radius 3 is 2.79 bits per heavy atom. The molecule has 2 heterocycles. The van der Waals surface area contributed by atoms with Crippen molar-refractivity contribution in [3.05, 3.63) is 53.7 Å². The fourth-order valence-corrected chi connectivity index (χ4v) is 2.67. The van der Waals surface area contributed by atoms with Crippen LogP contribution in [0.3, 0.4) is 0 Å². The van der Waals surface area contributed by atoms with Crippen molar-refractivity contribution < 1.29 is 14.3 Å². The molecule has 1 unspecified atom stereocenters. The van der Waals surface area contributed by atoms with E-state index in [2.05, 4.69) is 4.98 Å². The van der Waals surface area contributed by atoms with Crippen LogP contribution < -0.4 is 9.47 Å². The quantitative estimate of drug-likeness (QED) is 0.868. The van der Waals surface area contributed by atoms with Crippen LogP contribution in [0.4, 0.5) is 0 Å². The number of fused-ring (bicyclic) bond motifs is 1. The summed E-state index contributed by atoms with van der Waals surface area (Å²) < 4.78 is 11.3. The molecule has 2 aromatic rings. The molecule has 1 aliphatic heterocycles. The maximum atomic E-state index is 12.9. The number of benzene rings is 1. The van der Waals surface area contributed by atoms with Crippen molar-refractivity contribution in [1.82, 2.24) is 9.88 Å². The molecule has 5 nitrogen and oxygen atoms in total. The van der Waals surface area contributed by atoms with Crippen LogP contribution in [0.15, 0.2) is 42.6 Å². The lowest BCUT2D eigenvalue weighted by atomic mass is 10.1. The molecule has 0 fully saturated rings. The number of nitrogens with zero attached hydrogens (tertiary/aromatic N) is 2. The predicted molar refractivity (Wildman–Crippen MR) is 91.3 cm³/mol. The number of hydrogen-bond donors (Lipinski definition) is 0. The second-order valence-corrected chi connectivity index (χ2v) is 6.25. The highest BCUT2D eigenvalue weighted by atomic mass is 16.5. The number of rotatable bonds is 3. The summed E-state index contributed by atoms with van der Waals surface area (Å²) in [7, 11) is 0. The molecule has 0 aliphatic carbocycles.